The lowest BCUT2D eigenvalue weighted by Crippen LogP contribution is -2.14. The lowest BCUT2D eigenvalue weighted by atomic mass is 10.2. The van der Waals surface area contributed by atoms with E-state index in [1.807, 2.05) is 6.92 Å². The number of anilines is 1. The second-order valence-electron chi connectivity index (χ2n) is 6.02. The predicted molar refractivity (Wildman–Crippen MR) is 107 cm³/mol. The van der Waals surface area contributed by atoms with Gasteiger partial charge < -0.3 is 5.32 Å². The number of nitrogens with zero attached hydrogens (tertiary/aromatic N) is 2. The number of carbonyl (C=O) groups excluding carboxylic acids is 1. The number of halogens is 4. The standard InChI is InChI=1S/C19H15Cl3FN3O/c1-10-18(24-19(27)15-6-4-13(20)7-17(15)22)11(2)26(25-10)9-12-3-5-14(23)8-16(12)21/h3-8H,9H2,1-2H3,(H,24,27). The molecule has 1 heterocycles. The van der Waals surface area contributed by atoms with Crippen LogP contribution in [0.25, 0.3) is 0 Å². The molecule has 0 aliphatic rings. The van der Waals surface area contributed by atoms with Crippen molar-refractivity contribution in [1.29, 1.82) is 0 Å². The van der Waals surface area contributed by atoms with Crippen molar-refractivity contribution in [2.45, 2.75) is 20.4 Å². The Morgan fingerprint density at radius 1 is 1.11 bits per heavy atom. The Labute approximate surface area is 170 Å². The van der Waals surface area contributed by atoms with Gasteiger partial charge in [0.05, 0.1) is 34.2 Å². The third-order valence-corrected chi connectivity index (χ3v) is 5.03. The van der Waals surface area contributed by atoms with Gasteiger partial charge in [-0.05, 0) is 49.7 Å². The first-order valence-electron chi connectivity index (χ1n) is 8.00. The molecule has 0 bridgehead atoms. The average Bonchev–Trinajstić information content (AvgIpc) is 2.84. The second-order valence-corrected chi connectivity index (χ2v) is 7.27. The highest BCUT2D eigenvalue weighted by atomic mass is 35.5. The summed E-state index contributed by atoms with van der Waals surface area (Å²) in [5.41, 5.74) is 3.01. The number of aromatic nitrogens is 2. The van der Waals surface area contributed by atoms with Crippen molar-refractivity contribution < 1.29 is 9.18 Å². The number of benzene rings is 2. The van der Waals surface area contributed by atoms with Crippen LogP contribution in [-0.4, -0.2) is 15.7 Å². The molecule has 0 saturated carbocycles. The van der Waals surface area contributed by atoms with Crippen LogP contribution in [0, 0.1) is 19.7 Å². The molecule has 1 amide bonds. The van der Waals surface area contributed by atoms with Gasteiger partial charge in [0.25, 0.3) is 5.91 Å². The maximum atomic E-state index is 13.2. The first kappa shape index (κ1) is 19.7. The number of aryl methyl sites for hydroxylation is 1. The van der Waals surface area contributed by atoms with E-state index in [1.165, 1.54) is 18.2 Å². The zero-order valence-electron chi connectivity index (χ0n) is 14.5. The Hall–Kier alpha value is -2.08. The molecule has 1 N–H and O–H groups in total. The van der Waals surface area contributed by atoms with Gasteiger partial charge in [0.15, 0.2) is 0 Å². The summed E-state index contributed by atoms with van der Waals surface area (Å²) in [6, 6.07) is 8.89. The summed E-state index contributed by atoms with van der Waals surface area (Å²) in [6.45, 7) is 3.97. The zero-order chi connectivity index (χ0) is 19.7. The van der Waals surface area contributed by atoms with Crippen molar-refractivity contribution >= 4 is 46.4 Å². The molecular formula is C19H15Cl3FN3O. The quantitative estimate of drug-likeness (QED) is 0.564. The van der Waals surface area contributed by atoms with Crippen LogP contribution >= 0.6 is 34.8 Å². The second kappa shape index (κ2) is 7.89. The van der Waals surface area contributed by atoms with Crippen molar-refractivity contribution in [3.05, 3.63) is 79.8 Å². The topological polar surface area (TPSA) is 46.9 Å². The maximum absolute atomic E-state index is 13.2. The smallest absolute Gasteiger partial charge is 0.257 e. The van der Waals surface area contributed by atoms with Gasteiger partial charge in [0.1, 0.15) is 5.82 Å². The van der Waals surface area contributed by atoms with E-state index in [0.29, 0.717) is 33.5 Å². The Kier molecular flexibility index (Phi) is 5.75. The number of hydrogen-bond donors (Lipinski definition) is 1. The van der Waals surface area contributed by atoms with E-state index in [9.17, 15) is 9.18 Å². The Balaban J connectivity index is 1.86. The predicted octanol–water partition coefficient (Wildman–Crippen LogP) is 5.90. The SMILES string of the molecule is Cc1nn(Cc2ccc(F)cc2Cl)c(C)c1NC(=O)c1ccc(Cl)cc1Cl. The minimum Gasteiger partial charge on any atom is -0.319 e. The summed E-state index contributed by atoms with van der Waals surface area (Å²) >= 11 is 18.1. The summed E-state index contributed by atoms with van der Waals surface area (Å²) in [4.78, 5) is 12.6. The van der Waals surface area contributed by atoms with E-state index in [1.54, 1.807) is 29.8 Å². The van der Waals surface area contributed by atoms with Crippen LogP contribution in [0.5, 0.6) is 0 Å². The summed E-state index contributed by atoms with van der Waals surface area (Å²) in [7, 11) is 0. The van der Waals surface area contributed by atoms with Crippen molar-refractivity contribution in [2.75, 3.05) is 5.32 Å². The highest BCUT2D eigenvalue weighted by Gasteiger charge is 2.18. The normalized spacial score (nSPS) is 10.9. The first-order valence-corrected chi connectivity index (χ1v) is 9.14. The van der Waals surface area contributed by atoms with Crippen LogP contribution in [0.2, 0.25) is 15.1 Å². The summed E-state index contributed by atoms with van der Waals surface area (Å²) in [5, 5.41) is 8.33. The number of nitrogens with one attached hydrogen (secondary N) is 1. The van der Waals surface area contributed by atoms with Crippen LogP contribution < -0.4 is 5.32 Å². The fourth-order valence-electron chi connectivity index (χ4n) is 2.70. The van der Waals surface area contributed by atoms with Gasteiger partial charge in [-0.15, -0.1) is 0 Å². The number of hydrogen-bond acceptors (Lipinski definition) is 2. The van der Waals surface area contributed by atoms with E-state index in [2.05, 4.69) is 10.4 Å². The summed E-state index contributed by atoms with van der Waals surface area (Å²) < 4.78 is 14.9. The van der Waals surface area contributed by atoms with Gasteiger partial charge in [-0.25, -0.2) is 4.39 Å². The van der Waals surface area contributed by atoms with E-state index in [0.717, 1.165) is 11.3 Å². The lowest BCUT2D eigenvalue weighted by Gasteiger charge is -2.09. The van der Waals surface area contributed by atoms with Gasteiger partial charge >= 0.3 is 0 Å². The van der Waals surface area contributed by atoms with Crippen molar-refractivity contribution in [1.82, 2.24) is 9.78 Å². The maximum Gasteiger partial charge on any atom is 0.257 e. The Morgan fingerprint density at radius 2 is 1.85 bits per heavy atom. The van der Waals surface area contributed by atoms with Crippen LogP contribution in [0.3, 0.4) is 0 Å². The highest BCUT2D eigenvalue weighted by molar-refractivity contribution is 6.37. The van der Waals surface area contributed by atoms with E-state index in [-0.39, 0.29) is 10.9 Å². The zero-order valence-corrected chi connectivity index (χ0v) is 16.8. The molecule has 3 aromatic rings. The lowest BCUT2D eigenvalue weighted by molar-refractivity contribution is 0.102. The fourth-order valence-corrected chi connectivity index (χ4v) is 3.42. The first-order chi connectivity index (χ1) is 12.8. The Morgan fingerprint density at radius 3 is 2.52 bits per heavy atom. The monoisotopic (exact) mass is 425 g/mol. The van der Waals surface area contributed by atoms with Crippen molar-refractivity contribution in [3.8, 4) is 0 Å². The molecule has 3 rings (SSSR count). The van der Waals surface area contributed by atoms with Crippen molar-refractivity contribution in [2.24, 2.45) is 0 Å². The van der Waals surface area contributed by atoms with Crippen LogP contribution in [0.15, 0.2) is 36.4 Å². The molecule has 4 nitrogen and oxygen atoms in total. The average molecular weight is 427 g/mol. The van der Waals surface area contributed by atoms with Crippen molar-refractivity contribution in [3.63, 3.8) is 0 Å². The van der Waals surface area contributed by atoms with Crippen LogP contribution in [-0.2, 0) is 6.54 Å². The molecule has 0 radical (unpaired) electrons. The van der Waals surface area contributed by atoms with Crippen LogP contribution in [0.4, 0.5) is 10.1 Å². The summed E-state index contributed by atoms with van der Waals surface area (Å²) in [6.07, 6.45) is 0. The molecular weight excluding hydrogens is 412 g/mol. The molecule has 8 heteroatoms. The third kappa shape index (κ3) is 4.26. The van der Waals surface area contributed by atoms with E-state index >= 15 is 0 Å². The third-order valence-electron chi connectivity index (χ3n) is 4.13. The number of rotatable bonds is 4. The van der Waals surface area contributed by atoms with Crippen LogP contribution in [0.1, 0.15) is 27.3 Å². The molecule has 0 aliphatic heterocycles. The van der Waals surface area contributed by atoms with Gasteiger partial charge in [0.2, 0.25) is 0 Å². The number of amides is 1. The minimum atomic E-state index is -0.398. The van der Waals surface area contributed by atoms with Gasteiger partial charge in [0, 0.05) is 10.0 Å². The molecule has 140 valence electrons. The van der Waals surface area contributed by atoms with E-state index < -0.39 is 5.82 Å². The van der Waals surface area contributed by atoms with E-state index in [4.69, 9.17) is 34.8 Å². The van der Waals surface area contributed by atoms with Gasteiger partial charge in [-0.2, -0.15) is 5.10 Å². The fraction of sp³-hybridized carbons (Fsp3) is 0.158. The number of carbonyl (C=O) groups is 1. The molecule has 0 saturated heterocycles. The van der Waals surface area contributed by atoms with Gasteiger partial charge in [-0.1, -0.05) is 40.9 Å². The largest absolute Gasteiger partial charge is 0.319 e. The van der Waals surface area contributed by atoms with Gasteiger partial charge in [-0.3, -0.25) is 9.48 Å². The highest BCUT2D eigenvalue weighted by Crippen LogP contribution is 2.26. The molecule has 0 aliphatic carbocycles. The molecule has 2 aromatic carbocycles. The molecule has 27 heavy (non-hydrogen) atoms. The summed E-state index contributed by atoms with van der Waals surface area (Å²) in [5.74, 6) is -0.757. The Bertz CT molecular complexity index is 1030. The molecule has 0 fully saturated rings. The molecule has 0 spiro atoms. The minimum absolute atomic E-state index is 0.265. The molecule has 1 aromatic heterocycles. The molecule has 0 unspecified atom stereocenters. The molecule has 0 atom stereocenters.